The van der Waals surface area contributed by atoms with Crippen molar-refractivity contribution in [1.29, 1.82) is 0 Å². The minimum Gasteiger partial charge on any atom is -0.494 e. The molecule has 1 saturated heterocycles. The first-order chi connectivity index (χ1) is 14.1. The topological polar surface area (TPSA) is 45.1 Å². The van der Waals surface area contributed by atoms with Gasteiger partial charge in [0.15, 0.2) is 5.17 Å². The van der Waals surface area contributed by atoms with E-state index in [0.717, 1.165) is 22.2 Å². The number of anilines is 1. The van der Waals surface area contributed by atoms with Crippen molar-refractivity contribution in [2.75, 3.05) is 25.1 Å². The van der Waals surface area contributed by atoms with Crippen molar-refractivity contribution in [2.45, 2.75) is 18.7 Å². The number of para-hydroxylation sites is 2. The van der Waals surface area contributed by atoms with Crippen molar-refractivity contribution in [1.82, 2.24) is 4.90 Å². The Bertz CT molecular complexity index is 1040. The number of aliphatic imine (C=N–C) groups is 1. The molecule has 2 aliphatic rings. The molecule has 150 valence electrons. The average molecular weight is 446 g/mol. The van der Waals surface area contributed by atoms with E-state index >= 15 is 0 Å². The lowest BCUT2D eigenvalue weighted by Crippen LogP contribution is -2.29. The summed E-state index contributed by atoms with van der Waals surface area (Å²) in [5.74, 6) is 0.656. The van der Waals surface area contributed by atoms with Crippen LogP contribution in [-0.4, -0.2) is 36.2 Å². The predicted octanol–water partition coefficient (Wildman–Crippen LogP) is 5.73. The van der Waals surface area contributed by atoms with Crippen LogP contribution in [0.15, 0.2) is 62.3 Å². The summed E-state index contributed by atoms with van der Waals surface area (Å²) in [7, 11) is 1.62. The molecule has 2 heterocycles. The van der Waals surface area contributed by atoms with Crippen molar-refractivity contribution < 1.29 is 9.53 Å². The molecule has 0 bridgehead atoms. The number of amidine groups is 1. The standard InChI is InChI=1S/C21H20ClN3O2S2/c1-4-24-15-12-13(22)10-11-17(15)28-20(24)18-19(26)25(5-2)21(29-18)23-14-8-6-7-9-16(14)27-3/h6-12H,4-5H2,1-3H3. The third kappa shape index (κ3) is 3.63. The summed E-state index contributed by atoms with van der Waals surface area (Å²) >= 11 is 9.22. The number of carbonyl (C=O) groups excluding carboxylic acids is 1. The maximum Gasteiger partial charge on any atom is 0.269 e. The van der Waals surface area contributed by atoms with Gasteiger partial charge in [0.1, 0.15) is 21.4 Å². The molecule has 2 aromatic rings. The summed E-state index contributed by atoms with van der Waals surface area (Å²) < 4.78 is 5.41. The van der Waals surface area contributed by atoms with Crippen molar-refractivity contribution in [3.05, 3.63) is 57.4 Å². The van der Waals surface area contributed by atoms with E-state index in [4.69, 9.17) is 21.3 Å². The van der Waals surface area contributed by atoms with E-state index in [1.165, 1.54) is 11.8 Å². The van der Waals surface area contributed by atoms with E-state index in [2.05, 4.69) is 11.8 Å². The first-order valence-corrected chi connectivity index (χ1v) is 11.3. The molecular weight excluding hydrogens is 426 g/mol. The van der Waals surface area contributed by atoms with Crippen LogP contribution >= 0.6 is 35.1 Å². The summed E-state index contributed by atoms with van der Waals surface area (Å²) in [5, 5.41) is 2.28. The van der Waals surface area contributed by atoms with Crippen molar-refractivity contribution in [2.24, 2.45) is 4.99 Å². The maximum atomic E-state index is 13.2. The van der Waals surface area contributed by atoms with Crippen LogP contribution in [0.5, 0.6) is 5.75 Å². The van der Waals surface area contributed by atoms with Gasteiger partial charge in [-0.15, -0.1) is 0 Å². The van der Waals surface area contributed by atoms with Crippen LogP contribution < -0.4 is 9.64 Å². The second-order valence-corrected chi connectivity index (χ2v) is 8.75. The molecule has 0 atom stereocenters. The number of amides is 1. The van der Waals surface area contributed by atoms with Crippen molar-refractivity contribution >= 4 is 57.6 Å². The number of halogens is 1. The minimum atomic E-state index is -0.0222. The molecule has 1 fully saturated rings. The van der Waals surface area contributed by atoms with Crippen LogP contribution in [0.3, 0.4) is 0 Å². The Morgan fingerprint density at radius 1 is 1.07 bits per heavy atom. The number of hydrogen-bond acceptors (Lipinski definition) is 6. The van der Waals surface area contributed by atoms with Gasteiger partial charge in [-0.3, -0.25) is 9.69 Å². The summed E-state index contributed by atoms with van der Waals surface area (Å²) in [4.78, 5) is 23.6. The highest BCUT2D eigenvalue weighted by Gasteiger charge is 2.39. The molecule has 29 heavy (non-hydrogen) atoms. The molecule has 2 aromatic carbocycles. The number of methoxy groups -OCH3 is 1. The SMILES string of the molecule is CCN1C(=O)C(=C2Sc3ccc(Cl)cc3N2CC)SC1=Nc1ccccc1OC. The first kappa shape index (κ1) is 20.2. The number of rotatable bonds is 4. The number of thioether (sulfide) groups is 2. The van der Waals surface area contributed by atoms with Gasteiger partial charge >= 0.3 is 0 Å². The summed E-state index contributed by atoms with van der Waals surface area (Å²) in [6.45, 7) is 5.32. The highest BCUT2D eigenvalue weighted by Crippen LogP contribution is 2.51. The van der Waals surface area contributed by atoms with Gasteiger partial charge in [-0.05, 0) is 55.9 Å². The fraction of sp³-hybridized carbons (Fsp3) is 0.238. The molecule has 5 nitrogen and oxygen atoms in total. The molecule has 0 spiro atoms. The third-order valence-corrected chi connectivity index (χ3v) is 7.27. The monoisotopic (exact) mass is 445 g/mol. The van der Waals surface area contributed by atoms with Gasteiger partial charge in [0.2, 0.25) is 0 Å². The van der Waals surface area contributed by atoms with E-state index in [1.807, 2.05) is 49.4 Å². The second kappa shape index (κ2) is 8.34. The Morgan fingerprint density at radius 2 is 1.83 bits per heavy atom. The highest BCUT2D eigenvalue weighted by molar-refractivity contribution is 8.19. The minimum absolute atomic E-state index is 0.0222. The third-order valence-electron chi connectivity index (χ3n) is 4.66. The largest absolute Gasteiger partial charge is 0.494 e. The number of benzene rings is 2. The number of likely N-dealkylation sites (N-methyl/N-ethyl adjacent to an activating group) is 1. The smallest absolute Gasteiger partial charge is 0.269 e. The van der Waals surface area contributed by atoms with Crippen molar-refractivity contribution in [3.63, 3.8) is 0 Å². The molecular formula is C21H20ClN3O2S2. The molecule has 0 N–H and O–H groups in total. The Balaban J connectivity index is 1.76. The van der Waals surface area contributed by atoms with Crippen LogP contribution in [0, 0.1) is 0 Å². The average Bonchev–Trinajstić information content (AvgIpc) is 3.24. The van der Waals surface area contributed by atoms with E-state index < -0.39 is 0 Å². The zero-order valence-corrected chi connectivity index (χ0v) is 18.7. The van der Waals surface area contributed by atoms with Crippen LogP contribution in [0.25, 0.3) is 0 Å². The maximum absolute atomic E-state index is 13.2. The number of hydrogen-bond donors (Lipinski definition) is 0. The zero-order chi connectivity index (χ0) is 20.5. The molecule has 2 aliphatic heterocycles. The quantitative estimate of drug-likeness (QED) is 0.562. The van der Waals surface area contributed by atoms with Crippen LogP contribution in [0.4, 0.5) is 11.4 Å². The van der Waals surface area contributed by atoms with Crippen LogP contribution in [-0.2, 0) is 4.79 Å². The number of fused-ring (bicyclic) bond motifs is 1. The number of nitrogens with zero attached hydrogens (tertiary/aromatic N) is 3. The molecule has 0 radical (unpaired) electrons. The van der Waals surface area contributed by atoms with Crippen molar-refractivity contribution in [3.8, 4) is 5.75 Å². The lowest BCUT2D eigenvalue weighted by atomic mass is 10.3. The highest BCUT2D eigenvalue weighted by atomic mass is 35.5. The van der Waals surface area contributed by atoms with Gasteiger partial charge in [-0.25, -0.2) is 4.99 Å². The van der Waals surface area contributed by atoms with E-state index in [0.29, 0.717) is 33.1 Å². The van der Waals surface area contributed by atoms with E-state index in [-0.39, 0.29) is 5.91 Å². The van der Waals surface area contributed by atoms with Gasteiger partial charge in [0.25, 0.3) is 5.91 Å². The molecule has 0 saturated carbocycles. The number of carbonyl (C=O) groups is 1. The van der Waals surface area contributed by atoms with Gasteiger partial charge < -0.3 is 9.64 Å². The first-order valence-electron chi connectivity index (χ1n) is 9.28. The normalized spacial score (nSPS) is 20.0. The molecule has 4 rings (SSSR count). The Labute approximate surface area is 183 Å². The number of ether oxygens (including phenoxy) is 1. The molecule has 0 unspecified atom stereocenters. The Hall–Kier alpha value is -2.09. The van der Waals surface area contributed by atoms with Crippen LogP contribution in [0.2, 0.25) is 5.02 Å². The van der Waals surface area contributed by atoms with E-state index in [9.17, 15) is 4.79 Å². The van der Waals surface area contributed by atoms with Crippen LogP contribution in [0.1, 0.15) is 13.8 Å². The Morgan fingerprint density at radius 3 is 2.55 bits per heavy atom. The fourth-order valence-electron chi connectivity index (χ4n) is 3.26. The summed E-state index contributed by atoms with van der Waals surface area (Å²) in [5.41, 5.74) is 1.75. The lowest BCUT2D eigenvalue weighted by molar-refractivity contribution is -0.122. The van der Waals surface area contributed by atoms with Gasteiger partial charge in [0.05, 0.1) is 12.8 Å². The van der Waals surface area contributed by atoms with E-state index in [1.54, 1.807) is 23.8 Å². The van der Waals surface area contributed by atoms with Gasteiger partial charge in [-0.1, -0.05) is 35.5 Å². The Kier molecular flexibility index (Phi) is 5.81. The molecule has 8 heteroatoms. The predicted molar refractivity (Wildman–Crippen MR) is 122 cm³/mol. The fourth-order valence-corrected chi connectivity index (χ4v) is 5.86. The molecule has 0 aromatic heterocycles. The lowest BCUT2D eigenvalue weighted by Gasteiger charge is -2.19. The zero-order valence-electron chi connectivity index (χ0n) is 16.3. The van der Waals surface area contributed by atoms with Gasteiger partial charge in [-0.2, -0.15) is 0 Å². The summed E-state index contributed by atoms with van der Waals surface area (Å²) in [6.07, 6.45) is 0. The molecule has 1 amide bonds. The summed E-state index contributed by atoms with van der Waals surface area (Å²) in [6, 6.07) is 13.4. The molecule has 0 aliphatic carbocycles. The van der Waals surface area contributed by atoms with Gasteiger partial charge in [0, 0.05) is 23.0 Å². The second-order valence-electron chi connectivity index (χ2n) is 6.31.